The van der Waals surface area contributed by atoms with E-state index in [0.717, 1.165) is 45.4 Å². The zero-order valence-electron chi connectivity index (χ0n) is 8.09. The van der Waals surface area contributed by atoms with Crippen molar-refractivity contribution in [3.63, 3.8) is 0 Å². The second kappa shape index (κ2) is 3.95. The van der Waals surface area contributed by atoms with Gasteiger partial charge in [0.05, 0.1) is 12.2 Å². The standard InChI is InChI=1S/C10H19NO2/c12-7-9-1-3-10(4-2-9)8-11-5-6-13-10/h9,11-12H,1-8H2. The van der Waals surface area contributed by atoms with Gasteiger partial charge >= 0.3 is 0 Å². The number of hydrogen-bond acceptors (Lipinski definition) is 3. The Morgan fingerprint density at radius 3 is 2.69 bits per heavy atom. The molecule has 1 saturated carbocycles. The van der Waals surface area contributed by atoms with Gasteiger partial charge in [-0.15, -0.1) is 0 Å². The van der Waals surface area contributed by atoms with Crippen LogP contribution in [0.3, 0.4) is 0 Å². The Bertz CT molecular complexity index is 156. The molecular formula is C10H19NO2. The maximum absolute atomic E-state index is 9.02. The molecule has 3 heteroatoms. The summed E-state index contributed by atoms with van der Waals surface area (Å²) >= 11 is 0. The first-order valence-electron chi connectivity index (χ1n) is 5.30. The average molecular weight is 185 g/mol. The minimum Gasteiger partial charge on any atom is -0.396 e. The van der Waals surface area contributed by atoms with Crippen LogP contribution in [0, 0.1) is 5.92 Å². The summed E-state index contributed by atoms with van der Waals surface area (Å²) in [5.74, 6) is 0.524. The number of ether oxygens (including phenoxy) is 1. The Balaban J connectivity index is 1.87. The largest absolute Gasteiger partial charge is 0.396 e. The van der Waals surface area contributed by atoms with Crippen molar-refractivity contribution < 1.29 is 9.84 Å². The average Bonchev–Trinajstić information content (AvgIpc) is 2.20. The smallest absolute Gasteiger partial charge is 0.0807 e. The Labute approximate surface area is 79.5 Å². The maximum atomic E-state index is 9.02. The number of morpholine rings is 1. The maximum Gasteiger partial charge on any atom is 0.0807 e. The third kappa shape index (κ3) is 2.03. The number of aliphatic hydroxyl groups is 1. The lowest BCUT2D eigenvalue weighted by Gasteiger charge is -2.42. The van der Waals surface area contributed by atoms with Gasteiger partial charge in [-0.3, -0.25) is 0 Å². The highest BCUT2D eigenvalue weighted by Crippen LogP contribution is 2.35. The quantitative estimate of drug-likeness (QED) is 0.626. The van der Waals surface area contributed by atoms with Crippen molar-refractivity contribution in [3.05, 3.63) is 0 Å². The first-order valence-corrected chi connectivity index (χ1v) is 5.30. The Hall–Kier alpha value is -0.120. The molecule has 0 aromatic rings. The lowest BCUT2D eigenvalue weighted by molar-refractivity contribution is -0.0972. The highest BCUT2D eigenvalue weighted by Gasteiger charge is 2.37. The zero-order chi connectivity index (χ0) is 9.15. The molecule has 2 aliphatic rings. The van der Waals surface area contributed by atoms with Crippen molar-refractivity contribution in [2.45, 2.75) is 31.3 Å². The summed E-state index contributed by atoms with van der Waals surface area (Å²) in [7, 11) is 0. The minimum atomic E-state index is 0.115. The Morgan fingerprint density at radius 2 is 2.15 bits per heavy atom. The van der Waals surface area contributed by atoms with Gasteiger partial charge in [0.15, 0.2) is 0 Å². The molecule has 0 aromatic carbocycles. The van der Waals surface area contributed by atoms with Crippen LogP contribution in [0.15, 0.2) is 0 Å². The monoisotopic (exact) mass is 185 g/mol. The molecule has 1 aliphatic heterocycles. The van der Waals surface area contributed by atoms with E-state index in [1.54, 1.807) is 0 Å². The van der Waals surface area contributed by atoms with E-state index in [4.69, 9.17) is 9.84 Å². The van der Waals surface area contributed by atoms with Gasteiger partial charge < -0.3 is 15.2 Å². The second-order valence-corrected chi connectivity index (χ2v) is 4.33. The molecule has 2 fully saturated rings. The van der Waals surface area contributed by atoms with Gasteiger partial charge in [0.25, 0.3) is 0 Å². The molecular weight excluding hydrogens is 166 g/mol. The van der Waals surface area contributed by atoms with Crippen molar-refractivity contribution in [3.8, 4) is 0 Å². The van der Waals surface area contributed by atoms with Crippen LogP contribution in [0.25, 0.3) is 0 Å². The van der Waals surface area contributed by atoms with Crippen LogP contribution in [0.5, 0.6) is 0 Å². The first kappa shape index (κ1) is 9.44. The van der Waals surface area contributed by atoms with Crippen LogP contribution >= 0.6 is 0 Å². The van der Waals surface area contributed by atoms with Gasteiger partial charge in [-0.1, -0.05) is 0 Å². The van der Waals surface area contributed by atoms with Gasteiger partial charge in [0.2, 0.25) is 0 Å². The molecule has 1 aliphatic carbocycles. The van der Waals surface area contributed by atoms with Gasteiger partial charge in [-0.25, -0.2) is 0 Å². The summed E-state index contributed by atoms with van der Waals surface area (Å²) in [6.45, 7) is 3.20. The molecule has 0 atom stereocenters. The predicted molar refractivity (Wildman–Crippen MR) is 50.6 cm³/mol. The molecule has 1 saturated heterocycles. The first-order chi connectivity index (χ1) is 6.35. The Morgan fingerprint density at radius 1 is 1.38 bits per heavy atom. The molecule has 2 rings (SSSR count). The van der Waals surface area contributed by atoms with E-state index in [1.807, 2.05) is 0 Å². The van der Waals surface area contributed by atoms with Crippen molar-refractivity contribution in [2.75, 3.05) is 26.3 Å². The fraction of sp³-hybridized carbons (Fsp3) is 1.00. The van der Waals surface area contributed by atoms with E-state index in [0.29, 0.717) is 12.5 Å². The van der Waals surface area contributed by atoms with E-state index in [-0.39, 0.29) is 5.60 Å². The number of hydrogen-bond donors (Lipinski definition) is 2. The molecule has 1 spiro atoms. The normalized spacial score (nSPS) is 40.8. The van der Waals surface area contributed by atoms with E-state index >= 15 is 0 Å². The molecule has 0 amide bonds. The molecule has 76 valence electrons. The summed E-state index contributed by atoms with van der Waals surface area (Å²) in [5, 5.41) is 12.4. The Kier molecular flexibility index (Phi) is 2.86. The molecule has 13 heavy (non-hydrogen) atoms. The minimum absolute atomic E-state index is 0.115. The molecule has 3 nitrogen and oxygen atoms in total. The van der Waals surface area contributed by atoms with Crippen LogP contribution in [0.2, 0.25) is 0 Å². The van der Waals surface area contributed by atoms with Gasteiger partial charge in [0, 0.05) is 19.7 Å². The van der Waals surface area contributed by atoms with Crippen LogP contribution in [0.4, 0.5) is 0 Å². The number of rotatable bonds is 1. The molecule has 2 N–H and O–H groups in total. The summed E-state index contributed by atoms with van der Waals surface area (Å²) in [5.41, 5.74) is 0.115. The van der Waals surface area contributed by atoms with Crippen LogP contribution in [0.1, 0.15) is 25.7 Å². The van der Waals surface area contributed by atoms with Crippen LogP contribution in [-0.4, -0.2) is 37.0 Å². The highest BCUT2D eigenvalue weighted by molar-refractivity contribution is 4.91. The SMILES string of the molecule is OCC1CCC2(CC1)CNCCO2. The van der Waals surface area contributed by atoms with E-state index < -0.39 is 0 Å². The van der Waals surface area contributed by atoms with Crippen LogP contribution in [-0.2, 0) is 4.74 Å². The predicted octanol–water partition coefficient (Wildman–Crippen LogP) is 0.527. The lowest BCUT2D eigenvalue weighted by atomic mass is 9.78. The third-order valence-corrected chi connectivity index (χ3v) is 3.41. The summed E-state index contributed by atoms with van der Waals surface area (Å²) in [6.07, 6.45) is 4.48. The zero-order valence-corrected chi connectivity index (χ0v) is 8.09. The summed E-state index contributed by atoms with van der Waals surface area (Å²) in [6, 6.07) is 0. The molecule has 0 radical (unpaired) electrons. The summed E-state index contributed by atoms with van der Waals surface area (Å²) in [4.78, 5) is 0. The van der Waals surface area contributed by atoms with Gasteiger partial charge in [-0.05, 0) is 31.6 Å². The second-order valence-electron chi connectivity index (χ2n) is 4.33. The molecule has 1 heterocycles. The van der Waals surface area contributed by atoms with E-state index in [1.165, 1.54) is 0 Å². The van der Waals surface area contributed by atoms with E-state index in [2.05, 4.69) is 5.32 Å². The van der Waals surface area contributed by atoms with Crippen molar-refractivity contribution in [2.24, 2.45) is 5.92 Å². The van der Waals surface area contributed by atoms with Crippen molar-refractivity contribution in [1.82, 2.24) is 5.32 Å². The van der Waals surface area contributed by atoms with E-state index in [9.17, 15) is 0 Å². The lowest BCUT2D eigenvalue weighted by Crippen LogP contribution is -2.51. The molecule has 0 unspecified atom stereocenters. The van der Waals surface area contributed by atoms with Gasteiger partial charge in [0.1, 0.15) is 0 Å². The summed E-state index contributed by atoms with van der Waals surface area (Å²) < 4.78 is 5.86. The number of aliphatic hydroxyl groups excluding tert-OH is 1. The fourth-order valence-corrected chi connectivity index (χ4v) is 2.41. The molecule has 0 bridgehead atoms. The van der Waals surface area contributed by atoms with Gasteiger partial charge in [-0.2, -0.15) is 0 Å². The fourth-order valence-electron chi connectivity index (χ4n) is 2.41. The van der Waals surface area contributed by atoms with Crippen molar-refractivity contribution >= 4 is 0 Å². The third-order valence-electron chi connectivity index (χ3n) is 3.41. The van der Waals surface area contributed by atoms with Crippen molar-refractivity contribution in [1.29, 1.82) is 0 Å². The topological polar surface area (TPSA) is 41.5 Å². The molecule has 0 aromatic heterocycles. The highest BCUT2D eigenvalue weighted by atomic mass is 16.5. The van der Waals surface area contributed by atoms with Crippen LogP contribution < -0.4 is 5.32 Å². The number of nitrogens with one attached hydrogen (secondary N) is 1.